The standard InChI is InChI=1S/C9H9N3O/c10-5-8(9(11)13)4-7-2-1-3-12-6-7/h1-3,6,8H,4H2,(H2,11,13). The minimum atomic E-state index is -0.760. The van der Waals surface area contributed by atoms with Crippen LogP contribution in [0.15, 0.2) is 24.5 Å². The number of amides is 1. The molecule has 1 rings (SSSR count). The van der Waals surface area contributed by atoms with E-state index in [-0.39, 0.29) is 0 Å². The van der Waals surface area contributed by atoms with Crippen LogP contribution in [0.5, 0.6) is 0 Å². The number of nitriles is 1. The van der Waals surface area contributed by atoms with E-state index in [4.69, 9.17) is 11.0 Å². The molecule has 0 bridgehead atoms. The second-order valence-corrected chi connectivity index (χ2v) is 2.65. The van der Waals surface area contributed by atoms with Crippen LogP contribution in [0.4, 0.5) is 0 Å². The summed E-state index contributed by atoms with van der Waals surface area (Å²) in [6, 6.07) is 5.41. The van der Waals surface area contributed by atoms with Crippen LogP contribution in [-0.2, 0) is 11.2 Å². The van der Waals surface area contributed by atoms with Crippen LogP contribution >= 0.6 is 0 Å². The summed E-state index contributed by atoms with van der Waals surface area (Å²) in [7, 11) is 0. The van der Waals surface area contributed by atoms with Crippen molar-refractivity contribution in [1.29, 1.82) is 5.26 Å². The highest BCUT2D eigenvalue weighted by atomic mass is 16.1. The van der Waals surface area contributed by atoms with Crippen LogP contribution in [0.1, 0.15) is 5.56 Å². The second-order valence-electron chi connectivity index (χ2n) is 2.65. The highest BCUT2D eigenvalue weighted by Crippen LogP contribution is 2.05. The molecule has 1 amide bonds. The summed E-state index contributed by atoms with van der Waals surface area (Å²) in [5.74, 6) is -1.35. The Morgan fingerprint density at radius 3 is 3.00 bits per heavy atom. The van der Waals surface area contributed by atoms with E-state index in [1.165, 1.54) is 0 Å². The molecule has 0 aliphatic rings. The van der Waals surface area contributed by atoms with Crippen LogP contribution < -0.4 is 5.73 Å². The summed E-state index contributed by atoms with van der Waals surface area (Å²) in [5.41, 5.74) is 5.85. The van der Waals surface area contributed by atoms with Crippen molar-refractivity contribution in [2.75, 3.05) is 0 Å². The fraction of sp³-hybridized carbons (Fsp3) is 0.222. The van der Waals surface area contributed by atoms with Gasteiger partial charge in [-0.1, -0.05) is 6.07 Å². The number of rotatable bonds is 3. The van der Waals surface area contributed by atoms with E-state index in [1.54, 1.807) is 24.5 Å². The first-order chi connectivity index (χ1) is 6.24. The molecule has 0 aliphatic carbocycles. The first-order valence-electron chi connectivity index (χ1n) is 3.82. The molecule has 4 nitrogen and oxygen atoms in total. The molecule has 0 aliphatic heterocycles. The maximum atomic E-state index is 10.7. The van der Waals surface area contributed by atoms with Crippen LogP contribution in [0.3, 0.4) is 0 Å². The van der Waals surface area contributed by atoms with Crippen molar-refractivity contribution in [1.82, 2.24) is 4.98 Å². The van der Waals surface area contributed by atoms with Crippen molar-refractivity contribution < 1.29 is 4.79 Å². The number of nitrogens with two attached hydrogens (primary N) is 1. The third kappa shape index (κ3) is 2.56. The van der Waals surface area contributed by atoms with Crippen LogP contribution in [-0.4, -0.2) is 10.9 Å². The Hall–Kier alpha value is -1.89. The Balaban J connectivity index is 2.69. The van der Waals surface area contributed by atoms with Gasteiger partial charge in [-0.2, -0.15) is 5.26 Å². The number of hydrogen-bond donors (Lipinski definition) is 1. The first-order valence-corrected chi connectivity index (χ1v) is 3.82. The highest BCUT2D eigenvalue weighted by Gasteiger charge is 2.14. The number of hydrogen-bond acceptors (Lipinski definition) is 3. The predicted molar refractivity (Wildman–Crippen MR) is 46.2 cm³/mol. The van der Waals surface area contributed by atoms with E-state index in [1.807, 2.05) is 6.07 Å². The number of aromatic nitrogens is 1. The van der Waals surface area contributed by atoms with Gasteiger partial charge < -0.3 is 5.73 Å². The monoisotopic (exact) mass is 175 g/mol. The molecule has 0 spiro atoms. The largest absolute Gasteiger partial charge is 0.369 e. The molecule has 4 heteroatoms. The zero-order valence-electron chi connectivity index (χ0n) is 6.97. The lowest BCUT2D eigenvalue weighted by Gasteiger charge is -2.02. The van der Waals surface area contributed by atoms with Crippen LogP contribution in [0.25, 0.3) is 0 Å². The minimum absolute atomic E-state index is 0.333. The van der Waals surface area contributed by atoms with Crippen molar-refractivity contribution in [3.63, 3.8) is 0 Å². The van der Waals surface area contributed by atoms with Gasteiger partial charge in [0.05, 0.1) is 6.07 Å². The number of primary amides is 1. The third-order valence-electron chi connectivity index (χ3n) is 1.66. The summed E-state index contributed by atoms with van der Waals surface area (Å²) in [4.78, 5) is 14.6. The van der Waals surface area contributed by atoms with E-state index in [9.17, 15) is 4.79 Å². The SMILES string of the molecule is N#CC(Cc1cccnc1)C(N)=O. The van der Waals surface area contributed by atoms with Gasteiger partial charge in [0.2, 0.25) is 5.91 Å². The smallest absolute Gasteiger partial charge is 0.235 e. The summed E-state index contributed by atoms with van der Waals surface area (Å²) in [6.07, 6.45) is 3.59. The lowest BCUT2D eigenvalue weighted by molar-refractivity contribution is -0.120. The van der Waals surface area contributed by atoms with E-state index in [2.05, 4.69) is 4.98 Å². The molecule has 0 saturated heterocycles. The predicted octanol–water partition coefficient (Wildman–Crippen LogP) is 0.249. The Kier molecular flexibility index (Phi) is 2.98. The fourth-order valence-electron chi connectivity index (χ4n) is 0.964. The Morgan fingerprint density at radius 2 is 2.54 bits per heavy atom. The van der Waals surface area contributed by atoms with Crippen molar-refractivity contribution in [2.24, 2.45) is 11.7 Å². The quantitative estimate of drug-likeness (QED) is 0.715. The summed E-state index contributed by atoms with van der Waals surface area (Å²) >= 11 is 0. The molecule has 66 valence electrons. The lowest BCUT2D eigenvalue weighted by Crippen LogP contribution is -2.23. The van der Waals surface area contributed by atoms with Gasteiger partial charge in [-0.15, -0.1) is 0 Å². The maximum Gasteiger partial charge on any atom is 0.235 e. The molecule has 1 aromatic rings. The van der Waals surface area contributed by atoms with E-state index >= 15 is 0 Å². The molecule has 1 aromatic heterocycles. The van der Waals surface area contributed by atoms with Crippen molar-refractivity contribution in [3.8, 4) is 6.07 Å². The molecule has 13 heavy (non-hydrogen) atoms. The van der Waals surface area contributed by atoms with Crippen molar-refractivity contribution >= 4 is 5.91 Å². The van der Waals surface area contributed by atoms with Gasteiger partial charge in [-0.25, -0.2) is 0 Å². The van der Waals surface area contributed by atoms with Gasteiger partial charge in [-0.3, -0.25) is 9.78 Å². The van der Waals surface area contributed by atoms with Gasteiger partial charge in [0, 0.05) is 12.4 Å². The van der Waals surface area contributed by atoms with Crippen molar-refractivity contribution in [3.05, 3.63) is 30.1 Å². The topological polar surface area (TPSA) is 79.8 Å². The number of pyridine rings is 1. The number of nitrogens with zero attached hydrogens (tertiary/aromatic N) is 2. The Bertz CT molecular complexity index is 328. The lowest BCUT2D eigenvalue weighted by atomic mass is 10.0. The maximum absolute atomic E-state index is 10.7. The van der Waals surface area contributed by atoms with Gasteiger partial charge in [-0.05, 0) is 18.1 Å². The highest BCUT2D eigenvalue weighted by molar-refractivity contribution is 5.79. The van der Waals surface area contributed by atoms with E-state index in [0.29, 0.717) is 6.42 Å². The van der Waals surface area contributed by atoms with Gasteiger partial charge >= 0.3 is 0 Å². The molecule has 0 radical (unpaired) electrons. The van der Waals surface area contributed by atoms with E-state index in [0.717, 1.165) is 5.56 Å². The van der Waals surface area contributed by atoms with Gasteiger partial charge in [0.1, 0.15) is 5.92 Å². The first kappa shape index (κ1) is 9.20. The average molecular weight is 175 g/mol. The molecule has 2 N–H and O–H groups in total. The van der Waals surface area contributed by atoms with Crippen LogP contribution in [0, 0.1) is 17.2 Å². The van der Waals surface area contributed by atoms with Gasteiger partial charge in [0.25, 0.3) is 0 Å². The summed E-state index contributed by atoms with van der Waals surface area (Å²) in [5, 5.41) is 8.59. The molecule has 1 heterocycles. The molecule has 0 aromatic carbocycles. The fourth-order valence-corrected chi connectivity index (χ4v) is 0.964. The van der Waals surface area contributed by atoms with Crippen molar-refractivity contribution in [2.45, 2.75) is 6.42 Å². The Morgan fingerprint density at radius 1 is 1.77 bits per heavy atom. The molecule has 0 saturated carbocycles. The molecule has 0 fully saturated rings. The second kappa shape index (κ2) is 4.21. The molecular formula is C9H9N3O. The Labute approximate surface area is 76.0 Å². The van der Waals surface area contributed by atoms with E-state index < -0.39 is 11.8 Å². The van der Waals surface area contributed by atoms with Gasteiger partial charge in [0.15, 0.2) is 0 Å². The number of carbonyl (C=O) groups is 1. The zero-order chi connectivity index (χ0) is 9.68. The normalized spacial score (nSPS) is 11.6. The average Bonchev–Trinajstić information content (AvgIpc) is 2.15. The summed E-state index contributed by atoms with van der Waals surface area (Å²) < 4.78 is 0. The summed E-state index contributed by atoms with van der Waals surface area (Å²) in [6.45, 7) is 0. The molecule has 1 unspecified atom stereocenters. The third-order valence-corrected chi connectivity index (χ3v) is 1.66. The number of carbonyl (C=O) groups excluding carboxylic acids is 1. The minimum Gasteiger partial charge on any atom is -0.369 e. The zero-order valence-corrected chi connectivity index (χ0v) is 6.97. The van der Waals surface area contributed by atoms with Crippen LogP contribution in [0.2, 0.25) is 0 Å². The molecular weight excluding hydrogens is 166 g/mol. The molecule has 1 atom stereocenters.